The van der Waals surface area contributed by atoms with Gasteiger partial charge in [-0.15, -0.1) is 0 Å². The molecule has 12 heteroatoms. The van der Waals surface area contributed by atoms with Gasteiger partial charge in [-0.25, -0.2) is 14.4 Å². The first kappa shape index (κ1) is 33.3. The first-order chi connectivity index (χ1) is 21.8. The van der Waals surface area contributed by atoms with Gasteiger partial charge in [-0.1, -0.05) is 48.5 Å². The molecule has 2 aliphatic rings. The summed E-state index contributed by atoms with van der Waals surface area (Å²) in [6, 6.07) is 15.0. The van der Waals surface area contributed by atoms with Gasteiger partial charge < -0.3 is 29.7 Å². The van der Waals surface area contributed by atoms with Gasteiger partial charge in [-0.2, -0.15) is 0 Å². The summed E-state index contributed by atoms with van der Waals surface area (Å²) in [4.78, 5) is 67.4. The molecule has 0 spiro atoms. The molecule has 0 bridgehead atoms. The Kier molecular flexibility index (Phi) is 12.2. The van der Waals surface area contributed by atoms with E-state index in [1.807, 2.05) is 54.6 Å². The van der Waals surface area contributed by atoms with Crippen molar-refractivity contribution in [2.24, 2.45) is 5.92 Å². The molecule has 4 amide bonds. The largest absolute Gasteiger partial charge is 0.467 e. The second-order valence-electron chi connectivity index (χ2n) is 11.1. The lowest BCUT2D eigenvalue weighted by molar-refractivity contribution is -0.145. The molecular formula is C33H42N4O8. The van der Waals surface area contributed by atoms with E-state index in [9.17, 15) is 24.0 Å². The topological polar surface area (TPSA) is 144 Å². The molecule has 0 saturated carbocycles. The first-order valence-corrected chi connectivity index (χ1v) is 15.5. The summed E-state index contributed by atoms with van der Waals surface area (Å²) in [5, 5.41) is 5.51. The summed E-state index contributed by atoms with van der Waals surface area (Å²) < 4.78 is 15.3. The highest BCUT2D eigenvalue weighted by atomic mass is 16.6. The Morgan fingerprint density at radius 1 is 0.933 bits per heavy atom. The number of nitrogens with one attached hydrogen (secondary N) is 2. The van der Waals surface area contributed by atoms with Crippen molar-refractivity contribution >= 4 is 35.7 Å². The molecule has 2 heterocycles. The summed E-state index contributed by atoms with van der Waals surface area (Å²) in [5.74, 6) is -1.57. The van der Waals surface area contributed by atoms with Crippen LogP contribution < -0.4 is 15.5 Å². The van der Waals surface area contributed by atoms with E-state index in [2.05, 4.69) is 10.6 Å². The van der Waals surface area contributed by atoms with Crippen LogP contribution in [0, 0.1) is 5.92 Å². The molecule has 2 aliphatic heterocycles. The van der Waals surface area contributed by atoms with E-state index in [-0.39, 0.29) is 31.1 Å². The summed E-state index contributed by atoms with van der Waals surface area (Å²) in [6.07, 6.45) is 1.68. The predicted molar refractivity (Wildman–Crippen MR) is 165 cm³/mol. The van der Waals surface area contributed by atoms with Crippen LogP contribution in [-0.2, 0) is 41.6 Å². The number of rotatable bonds is 12. The van der Waals surface area contributed by atoms with Crippen molar-refractivity contribution in [1.82, 2.24) is 15.5 Å². The summed E-state index contributed by atoms with van der Waals surface area (Å²) in [6.45, 7) is 3.33. The summed E-state index contributed by atoms with van der Waals surface area (Å²) >= 11 is 0. The number of nitrogens with zero attached hydrogens (tertiary/aromatic N) is 2. The lowest BCUT2D eigenvalue weighted by Gasteiger charge is -2.34. The number of fused-ring (bicyclic) bond motifs is 1. The third-order valence-electron chi connectivity index (χ3n) is 8.09. The Hall–Kier alpha value is -4.61. The maximum absolute atomic E-state index is 13.9. The van der Waals surface area contributed by atoms with E-state index >= 15 is 0 Å². The number of ether oxygens (including phenoxy) is 3. The van der Waals surface area contributed by atoms with E-state index in [0.717, 1.165) is 11.1 Å². The molecule has 12 nitrogen and oxygen atoms in total. The molecule has 0 aromatic heterocycles. The number of likely N-dealkylation sites (tertiary alicyclic amines) is 1. The molecule has 2 N–H and O–H groups in total. The molecule has 2 atom stereocenters. The van der Waals surface area contributed by atoms with Gasteiger partial charge in [0.15, 0.2) is 0 Å². The maximum Gasteiger partial charge on any atom is 0.409 e. The minimum atomic E-state index is -0.916. The average molecular weight is 623 g/mol. The number of hydrogen-bond acceptors (Lipinski definition) is 8. The number of amides is 4. The van der Waals surface area contributed by atoms with Crippen LogP contribution in [0.4, 0.5) is 15.3 Å². The number of piperidine rings is 1. The lowest BCUT2D eigenvalue weighted by Crippen LogP contribution is -2.54. The van der Waals surface area contributed by atoms with Crippen molar-refractivity contribution in [2.75, 3.05) is 38.3 Å². The fourth-order valence-electron chi connectivity index (χ4n) is 5.69. The maximum atomic E-state index is 13.9. The molecule has 4 rings (SSSR count). The number of hydrogen-bond donors (Lipinski definition) is 2. The van der Waals surface area contributed by atoms with Crippen molar-refractivity contribution < 1.29 is 38.2 Å². The number of anilines is 1. The number of unbranched alkanes of at least 4 members (excludes halogenated alkanes) is 1. The van der Waals surface area contributed by atoms with E-state index < -0.39 is 30.1 Å². The number of carbonyl (C=O) groups excluding carboxylic acids is 5. The molecule has 45 heavy (non-hydrogen) atoms. The number of esters is 1. The van der Waals surface area contributed by atoms with Gasteiger partial charge in [0.25, 0.3) is 0 Å². The highest BCUT2D eigenvalue weighted by Crippen LogP contribution is 2.35. The smallest absolute Gasteiger partial charge is 0.409 e. The zero-order valence-corrected chi connectivity index (χ0v) is 25.9. The number of methoxy groups -OCH3 is 1. The fraction of sp³-hybridized carbons (Fsp3) is 0.485. The quantitative estimate of drug-likeness (QED) is 0.208. The number of para-hydroxylation sites is 1. The molecule has 1 unspecified atom stereocenters. The van der Waals surface area contributed by atoms with Crippen LogP contribution in [0.25, 0.3) is 0 Å². The third-order valence-corrected chi connectivity index (χ3v) is 8.09. The molecule has 0 radical (unpaired) electrons. The molecule has 242 valence electrons. The van der Waals surface area contributed by atoms with Gasteiger partial charge in [0.2, 0.25) is 11.8 Å². The van der Waals surface area contributed by atoms with E-state index in [0.29, 0.717) is 63.8 Å². The van der Waals surface area contributed by atoms with E-state index in [1.54, 1.807) is 16.7 Å². The minimum absolute atomic E-state index is 0.167. The van der Waals surface area contributed by atoms with Crippen molar-refractivity contribution in [1.29, 1.82) is 0 Å². The minimum Gasteiger partial charge on any atom is -0.467 e. The normalized spacial score (nSPS) is 16.7. The van der Waals surface area contributed by atoms with Crippen molar-refractivity contribution in [3.63, 3.8) is 0 Å². The van der Waals surface area contributed by atoms with Gasteiger partial charge in [0, 0.05) is 37.7 Å². The zero-order valence-electron chi connectivity index (χ0n) is 25.9. The Bertz CT molecular complexity index is 1330. The Labute approximate surface area is 263 Å². The second kappa shape index (κ2) is 16.5. The standard InChI is InChI=1S/C33H42N4O8/c1-3-44-33(42)36-19-16-24(17-20-36)30(39)37-27-15-8-7-13-25(27)21-28(37)29(38)35-26(31(40)43-2)14-9-10-18-34-32(41)45-22-23-11-5-4-6-12-23/h4-8,11-13,15,24,26,28H,3,9-10,14,16-22H2,1-2H3,(H,34,41)(H,35,38)/t26-,28?/m0/s1. The number of carbonyl (C=O) groups is 5. The molecule has 2 aromatic carbocycles. The van der Waals surface area contributed by atoms with E-state index in [4.69, 9.17) is 14.2 Å². The lowest BCUT2D eigenvalue weighted by atomic mass is 9.95. The van der Waals surface area contributed by atoms with Gasteiger partial charge >= 0.3 is 18.2 Å². The Morgan fingerprint density at radius 3 is 2.36 bits per heavy atom. The molecule has 1 saturated heterocycles. The van der Waals surface area contributed by atoms with Crippen LogP contribution in [0.1, 0.15) is 50.2 Å². The van der Waals surface area contributed by atoms with Crippen molar-refractivity contribution in [3.05, 3.63) is 65.7 Å². The molecule has 0 aliphatic carbocycles. The van der Waals surface area contributed by atoms with E-state index in [1.165, 1.54) is 7.11 Å². The molecular weight excluding hydrogens is 580 g/mol. The van der Waals surface area contributed by atoms with Gasteiger partial charge in [0.1, 0.15) is 18.7 Å². The monoisotopic (exact) mass is 622 g/mol. The molecule has 2 aromatic rings. The van der Waals surface area contributed by atoms with Crippen molar-refractivity contribution in [3.8, 4) is 0 Å². The number of alkyl carbamates (subject to hydrolysis) is 1. The summed E-state index contributed by atoms with van der Waals surface area (Å²) in [7, 11) is 1.26. The predicted octanol–water partition coefficient (Wildman–Crippen LogP) is 3.57. The SMILES string of the molecule is CCOC(=O)N1CCC(C(=O)N2c3ccccc3CC2C(=O)N[C@@H](CCCCNC(=O)OCc2ccccc2)C(=O)OC)CC1. The highest BCUT2D eigenvalue weighted by molar-refractivity contribution is 6.05. The van der Waals surface area contributed by atoms with Crippen LogP contribution in [0.2, 0.25) is 0 Å². The fourth-order valence-corrected chi connectivity index (χ4v) is 5.69. The Balaban J connectivity index is 1.31. The third kappa shape index (κ3) is 8.96. The van der Waals surface area contributed by atoms with Crippen LogP contribution in [0.3, 0.4) is 0 Å². The van der Waals surface area contributed by atoms with Crippen LogP contribution >= 0.6 is 0 Å². The summed E-state index contributed by atoms with van der Waals surface area (Å²) in [5.41, 5.74) is 2.43. The van der Waals surface area contributed by atoms with Crippen LogP contribution in [-0.4, -0.2) is 80.3 Å². The van der Waals surface area contributed by atoms with Crippen LogP contribution in [0.5, 0.6) is 0 Å². The van der Waals surface area contributed by atoms with Crippen LogP contribution in [0.15, 0.2) is 54.6 Å². The first-order valence-electron chi connectivity index (χ1n) is 15.5. The highest BCUT2D eigenvalue weighted by Gasteiger charge is 2.42. The van der Waals surface area contributed by atoms with Gasteiger partial charge in [-0.05, 0) is 56.2 Å². The molecule has 1 fully saturated rings. The zero-order chi connectivity index (χ0) is 32.2. The average Bonchev–Trinajstić information content (AvgIpc) is 3.46. The van der Waals surface area contributed by atoms with Gasteiger partial charge in [-0.3, -0.25) is 14.5 Å². The van der Waals surface area contributed by atoms with Gasteiger partial charge in [0.05, 0.1) is 13.7 Å². The van der Waals surface area contributed by atoms with Crippen molar-refractivity contribution in [2.45, 2.75) is 64.1 Å². The number of benzene rings is 2. The second-order valence-corrected chi connectivity index (χ2v) is 11.1. The Morgan fingerprint density at radius 2 is 1.64 bits per heavy atom.